The fourth-order valence-electron chi connectivity index (χ4n) is 3.28. The molecule has 0 spiro atoms. The largest absolute Gasteiger partial charge is 0.493 e. The molecule has 0 saturated heterocycles. The van der Waals surface area contributed by atoms with Gasteiger partial charge in [0.2, 0.25) is 6.79 Å². The molecule has 2 heterocycles. The first-order valence-corrected chi connectivity index (χ1v) is 8.58. The van der Waals surface area contributed by atoms with Crippen LogP contribution in [0.25, 0.3) is 6.08 Å². The van der Waals surface area contributed by atoms with Crippen molar-refractivity contribution in [2.45, 2.75) is 12.8 Å². The number of benzene rings is 2. The monoisotopic (exact) mass is 387 g/mol. The highest BCUT2D eigenvalue weighted by Crippen LogP contribution is 2.39. The maximum Gasteiger partial charge on any atom is 0.231 e. The molecule has 0 fully saturated rings. The smallest absolute Gasteiger partial charge is 0.231 e. The van der Waals surface area contributed by atoms with Crippen LogP contribution in [0.2, 0.25) is 0 Å². The molecule has 5 nitrogen and oxygen atoms in total. The normalized spacial score (nSPS) is 17.1. The van der Waals surface area contributed by atoms with Crippen LogP contribution in [0.4, 0.5) is 0 Å². The number of ether oxygens (including phenoxy) is 4. The molecule has 2 aromatic carbocycles. The lowest BCUT2D eigenvalue weighted by molar-refractivity contribution is 0.174. The second-order valence-electron chi connectivity index (χ2n) is 6.37. The van der Waals surface area contributed by atoms with Crippen molar-refractivity contribution in [3.63, 3.8) is 0 Å². The Morgan fingerprint density at radius 1 is 1.00 bits per heavy atom. The van der Waals surface area contributed by atoms with Gasteiger partial charge in [-0.1, -0.05) is 19.1 Å². The van der Waals surface area contributed by atoms with E-state index in [1.54, 1.807) is 14.2 Å². The third-order valence-electron chi connectivity index (χ3n) is 4.73. The maximum absolute atomic E-state index is 5.53. The summed E-state index contributed by atoms with van der Waals surface area (Å²) in [5, 5.41) is 0. The van der Waals surface area contributed by atoms with E-state index in [1.165, 1.54) is 5.56 Å². The first-order valence-electron chi connectivity index (χ1n) is 8.58. The molecule has 0 bridgehead atoms. The van der Waals surface area contributed by atoms with Crippen LogP contribution >= 0.6 is 12.4 Å². The minimum Gasteiger partial charge on any atom is -0.493 e. The highest BCUT2D eigenvalue weighted by molar-refractivity contribution is 6.12. The zero-order chi connectivity index (χ0) is 18.1. The van der Waals surface area contributed by atoms with E-state index in [1.807, 2.05) is 36.4 Å². The first-order chi connectivity index (χ1) is 12.7. The third-order valence-corrected chi connectivity index (χ3v) is 4.73. The standard InChI is InChI=1S/C21H21NO4.ClH/c1-13-11-22-17(16-10-21-20(9-15(13)16)25-12-26-21)6-4-14-5-7-18(23-2)19(8-14)24-3;/h4-10,13H,11-12H2,1-3H3;1H. The van der Waals surface area contributed by atoms with Gasteiger partial charge in [-0.2, -0.15) is 0 Å². The molecule has 0 aromatic heterocycles. The van der Waals surface area contributed by atoms with Crippen LogP contribution in [0.5, 0.6) is 23.0 Å². The Bertz CT molecular complexity index is 907. The number of nitrogens with zero attached hydrogens (tertiary/aromatic N) is 1. The fourth-order valence-corrected chi connectivity index (χ4v) is 3.28. The number of halogens is 1. The van der Waals surface area contributed by atoms with E-state index in [4.69, 9.17) is 23.9 Å². The minimum absolute atomic E-state index is 0. The van der Waals surface area contributed by atoms with Gasteiger partial charge in [-0.25, -0.2) is 0 Å². The van der Waals surface area contributed by atoms with Crippen molar-refractivity contribution in [3.8, 4) is 23.0 Å². The predicted molar refractivity (Wildman–Crippen MR) is 108 cm³/mol. The zero-order valence-corrected chi connectivity index (χ0v) is 16.3. The van der Waals surface area contributed by atoms with Gasteiger partial charge in [0.1, 0.15) is 0 Å². The molecule has 4 rings (SSSR count). The number of aliphatic imine (C=N–C) groups is 1. The van der Waals surface area contributed by atoms with Crippen LogP contribution in [0.1, 0.15) is 29.5 Å². The fraction of sp³-hybridized carbons (Fsp3) is 0.286. The second-order valence-corrected chi connectivity index (χ2v) is 6.37. The van der Waals surface area contributed by atoms with Gasteiger partial charge in [0, 0.05) is 18.0 Å². The summed E-state index contributed by atoms with van der Waals surface area (Å²) in [5.41, 5.74) is 4.32. The molecule has 27 heavy (non-hydrogen) atoms. The Hall–Kier alpha value is -2.66. The molecule has 1 unspecified atom stereocenters. The molecule has 6 heteroatoms. The molecule has 142 valence electrons. The number of rotatable bonds is 4. The van der Waals surface area contributed by atoms with E-state index in [-0.39, 0.29) is 19.2 Å². The lowest BCUT2D eigenvalue weighted by Gasteiger charge is -2.21. The Kier molecular flexibility index (Phi) is 5.61. The highest BCUT2D eigenvalue weighted by Gasteiger charge is 2.24. The summed E-state index contributed by atoms with van der Waals surface area (Å²) in [6.07, 6.45) is 4.07. The van der Waals surface area contributed by atoms with E-state index in [2.05, 4.69) is 13.0 Å². The van der Waals surface area contributed by atoms with Crippen LogP contribution in [-0.2, 0) is 0 Å². The topological polar surface area (TPSA) is 49.3 Å². The molecule has 0 aliphatic carbocycles. The van der Waals surface area contributed by atoms with Crippen LogP contribution in [0, 0.1) is 0 Å². The summed E-state index contributed by atoms with van der Waals surface area (Å²) in [4.78, 5) is 4.75. The lowest BCUT2D eigenvalue weighted by Crippen LogP contribution is -2.14. The molecule has 1 atom stereocenters. The van der Waals surface area contributed by atoms with Crippen molar-refractivity contribution in [2.24, 2.45) is 4.99 Å². The number of hydrogen-bond acceptors (Lipinski definition) is 5. The molecule has 0 N–H and O–H groups in total. The summed E-state index contributed by atoms with van der Waals surface area (Å²) in [6.45, 7) is 3.22. The molecule has 0 amide bonds. The van der Waals surface area contributed by atoms with Gasteiger partial charge in [0.25, 0.3) is 0 Å². The van der Waals surface area contributed by atoms with Crippen LogP contribution in [0.3, 0.4) is 0 Å². The van der Waals surface area contributed by atoms with Crippen molar-refractivity contribution in [2.75, 3.05) is 27.6 Å². The lowest BCUT2D eigenvalue weighted by atomic mass is 9.89. The van der Waals surface area contributed by atoms with Gasteiger partial charge in [0.15, 0.2) is 23.0 Å². The molecule has 2 aliphatic heterocycles. The van der Waals surface area contributed by atoms with Crippen molar-refractivity contribution in [1.82, 2.24) is 0 Å². The van der Waals surface area contributed by atoms with Crippen LogP contribution in [-0.4, -0.2) is 33.3 Å². The third kappa shape index (κ3) is 3.60. The van der Waals surface area contributed by atoms with Crippen molar-refractivity contribution >= 4 is 24.2 Å². The Morgan fingerprint density at radius 3 is 2.48 bits per heavy atom. The average molecular weight is 388 g/mol. The number of allylic oxidation sites excluding steroid dienone is 1. The summed E-state index contributed by atoms with van der Waals surface area (Å²) in [7, 11) is 3.27. The molecule has 2 aliphatic rings. The van der Waals surface area contributed by atoms with Crippen molar-refractivity contribution < 1.29 is 18.9 Å². The average Bonchev–Trinajstić information content (AvgIpc) is 3.13. The van der Waals surface area contributed by atoms with Gasteiger partial charge < -0.3 is 18.9 Å². The molecule has 0 saturated carbocycles. The van der Waals surface area contributed by atoms with Gasteiger partial charge in [-0.3, -0.25) is 4.99 Å². The summed E-state index contributed by atoms with van der Waals surface area (Å²) < 4.78 is 21.7. The molecular weight excluding hydrogens is 366 g/mol. The van der Waals surface area contributed by atoms with Crippen molar-refractivity contribution in [1.29, 1.82) is 0 Å². The van der Waals surface area contributed by atoms with Gasteiger partial charge >= 0.3 is 0 Å². The second kappa shape index (κ2) is 7.92. The first kappa shape index (κ1) is 19.1. The molecule has 2 aromatic rings. The Labute approximate surface area is 165 Å². The Balaban J connectivity index is 0.00000210. The predicted octanol–water partition coefficient (Wildman–Crippen LogP) is 4.47. The number of methoxy groups -OCH3 is 2. The Morgan fingerprint density at radius 2 is 1.74 bits per heavy atom. The van der Waals surface area contributed by atoms with Crippen LogP contribution in [0.15, 0.2) is 41.4 Å². The van der Waals surface area contributed by atoms with E-state index < -0.39 is 0 Å². The molecular formula is C21H22ClNO4. The summed E-state index contributed by atoms with van der Waals surface area (Å²) in [5.74, 6) is 3.38. The van der Waals surface area contributed by atoms with Gasteiger partial charge in [-0.05, 0) is 41.5 Å². The highest BCUT2D eigenvalue weighted by atomic mass is 35.5. The van der Waals surface area contributed by atoms with E-state index in [9.17, 15) is 0 Å². The van der Waals surface area contributed by atoms with Crippen molar-refractivity contribution in [3.05, 3.63) is 53.1 Å². The van der Waals surface area contributed by atoms with E-state index in [0.29, 0.717) is 17.4 Å². The van der Waals surface area contributed by atoms with E-state index >= 15 is 0 Å². The number of fused-ring (bicyclic) bond motifs is 2. The quantitative estimate of drug-likeness (QED) is 0.776. The van der Waals surface area contributed by atoms with Gasteiger partial charge in [0.05, 0.1) is 19.9 Å². The van der Waals surface area contributed by atoms with E-state index in [0.717, 1.165) is 34.9 Å². The number of hydrogen-bond donors (Lipinski definition) is 0. The minimum atomic E-state index is 0. The summed E-state index contributed by atoms with van der Waals surface area (Å²) in [6, 6.07) is 9.95. The van der Waals surface area contributed by atoms with Gasteiger partial charge in [-0.15, -0.1) is 12.4 Å². The molecule has 0 radical (unpaired) electrons. The zero-order valence-electron chi connectivity index (χ0n) is 15.5. The maximum atomic E-state index is 5.53. The summed E-state index contributed by atoms with van der Waals surface area (Å²) >= 11 is 0. The van der Waals surface area contributed by atoms with Crippen LogP contribution < -0.4 is 18.9 Å². The SMILES string of the molecule is COc1ccc(C=CC2=NCC(C)c3cc4c(cc32)OCO4)cc1OC.Cl.